The molecule has 1 aliphatic heterocycles. The molecule has 0 unspecified atom stereocenters. The number of hydrogen-bond acceptors (Lipinski definition) is 5. The van der Waals surface area contributed by atoms with E-state index < -0.39 is 0 Å². The van der Waals surface area contributed by atoms with E-state index in [2.05, 4.69) is 23.3 Å². The number of carbonyl (C=O) groups is 1. The van der Waals surface area contributed by atoms with Gasteiger partial charge in [-0.2, -0.15) is 5.26 Å². The molecule has 1 aromatic carbocycles. The van der Waals surface area contributed by atoms with Gasteiger partial charge in [0.05, 0.1) is 31.0 Å². The number of rotatable bonds is 4. The Kier molecular flexibility index (Phi) is 5.01. The zero-order valence-corrected chi connectivity index (χ0v) is 12.4. The first-order valence-corrected chi connectivity index (χ1v) is 6.92. The van der Waals surface area contributed by atoms with Crippen LogP contribution < -0.4 is 10.1 Å². The molecule has 0 aromatic heterocycles. The maximum atomic E-state index is 12.2. The van der Waals surface area contributed by atoms with Crippen LogP contribution in [0.3, 0.4) is 0 Å². The Bertz CT molecular complexity index is 545. The van der Waals surface area contributed by atoms with Gasteiger partial charge in [0.2, 0.25) is 5.91 Å². The van der Waals surface area contributed by atoms with Gasteiger partial charge in [-0.25, -0.2) is 0 Å². The fourth-order valence-corrected chi connectivity index (χ4v) is 2.25. The van der Waals surface area contributed by atoms with E-state index in [1.807, 2.05) is 4.90 Å². The van der Waals surface area contributed by atoms with Crippen molar-refractivity contribution in [2.75, 3.05) is 52.2 Å². The molecule has 0 spiro atoms. The quantitative estimate of drug-likeness (QED) is 0.885. The van der Waals surface area contributed by atoms with Crippen molar-refractivity contribution in [1.82, 2.24) is 9.80 Å². The van der Waals surface area contributed by atoms with Crippen molar-refractivity contribution in [3.05, 3.63) is 23.8 Å². The summed E-state index contributed by atoms with van der Waals surface area (Å²) >= 11 is 0. The Labute approximate surface area is 124 Å². The lowest BCUT2D eigenvalue weighted by molar-refractivity contribution is -0.130. The Morgan fingerprint density at radius 1 is 1.38 bits per heavy atom. The minimum Gasteiger partial charge on any atom is -0.495 e. The third-order valence-electron chi connectivity index (χ3n) is 3.62. The number of hydrogen-bond donors (Lipinski definition) is 1. The minimum atomic E-state index is 0.0783. The van der Waals surface area contributed by atoms with Gasteiger partial charge in [0.15, 0.2) is 0 Å². The van der Waals surface area contributed by atoms with Crippen LogP contribution in [-0.2, 0) is 4.79 Å². The molecule has 1 heterocycles. The first-order chi connectivity index (χ1) is 10.1. The first kappa shape index (κ1) is 15.1. The van der Waals surface area contributed by atoms with E-state index in [1.165, 1.54) is 0 Å². The van der Waals surface area contributed by atoms with Crippen molar-refractivity contribution in [1.29, 1.82) is 5.26 Å². The van der Waals surface area contributed by atoms with Crippen molar-refractivity contribution in [3.8, 4) is 11.8 Å². The van der Waals surface area contributed by atoms with Crippen LogP contribution in [0.1, 0.15) is 5.56 Å². The Morgan fingerprint density at radius 3 is 2.71 bits per heavy atom. The molecule has 0 atom stereocenters. The molecular weight excluding hydrogens is 268 g/mol. The maximum Gasteiger partial charge on any atom is 0.241 e. The van der Waals surface area contributed by atoms with E-state index in [9.17, 15) is 4.79 Å². The highest BCUT2D eigenvalue weighted by Crippen LogP contribution is 2.25. The molecule has 1 aromatic rings. The highest BCUT2D eigenvalue weighted by atomic mass is 16.5. The lowest BCUT2D eigenvalue weighted by atomic mass is 10.2. The number of ether oxygens (including phenoxy) is 1. The largest absolute Gasteiger partial charge is 0.495 e. The molecule has 21 heavy (non-hydrogen) atoms. The van der Waals surface area contributed by atoms with Gasteiger partial charge in [0.1, 0.15) is 5.75 Å². The molecule has 6 nitrogen and oxygen atoms in total. The number of methoxy groups -OCH3 is 1. The standard InChI is InChI=1S/C15H20N4O2/c1-18-5-7-19(8-6-18)15(20)11-17-13-4-3-12(10-16)9-14(13)21-2/h3-4,9,17H,5-8,11H2,1-2H3. The van der Waals surface area contributed by atoms with Crippen molar-refractivity contribution in [2.45, 2.75) is 0 Å². The van der Waals surface area contributed by atoms with Crippen LogP contribution in [0.2, 0.25) is 0 Å². The third-order valence-corrected chi connectivity index (χ3v) is 3.62. The molecule has 0 radical (unpaired) electrons. The van der Waals surface area contributed by atoms with Gasteiger partial charge >= 0.3 is 0 Å². The van der Waals surface area contributed by atoms with Crippen LogP contribution >= 0.6 is 0 Å². The molecule has 112 valence electrons. The number of benzene rings is 1. The summed E-state index contributed by atoms with van der Waals surface area (Å²) in [7, 11) is 3.60. The van der Waals surface area contributed by atoms with Gasteiger partial charge in [-0.3, -0.25) is 4.79 Å². The van der Waals surface area contributed by atoms with Crippen molar-refractivity contribution >= 4 is 11.6 Å². The number of nitriles is 1. The molecule has 1 aliphatic rings. The average Bonchev–Trinajstić information content (AvgIpc) is 2.53. The summed E-state index contributed by atoms with van der Waals surface area (Å²) in [6.45, 7) is 3.58. The zero-order chi connectivity index (χ0) is 15.2. The molecule has 2 rings (SSSR count). The first-order valence-electron chi connectivity index (χ1n) is 6.92. The summed E-state index contributed by atoms with van der Waals surface area (Å²) in [5.74, 6) is 0.648. The summed E-state index contributed by atoms with van der Waals surface area (Å²) in [5, 5.41) is 12.0. The minimum absolute atomic E-state index is 0.0783. The summed E-state index contributed by atoms with van der Waals surface area (Å²) in [4.78, 5) is 16.2. The van der Waals surface area contributed by atoms with E-state index in [1.54, 1.807) is 25.3 Å². The van der Waals surface area contributed by atoms with Gasteiger partial charge in [-0.05, 0) is 19.2 Å². The van der Waals surface area contributed by atoms with Gasteiger partial charge in [0.25, 0.3) is 0 Å². The number of carbonyl (C=O) groups excluding carboxylic acids is 1. The van der Waals surface area contributed by atoms with E-state index in [-0.39, 0.29) is 12.5 Å². The lowest BCUT2D eigenvalue weighted by Gasteiger charge is -2.32. The van der Waals surface area contributed by atoms with Crippen LogP contribution in [0.15, 0.2) is 18.2 Å². The molecule has 1 saturated heterocycles. The lowest BCUT2D eigenvalue weighted by Crippen LogP contribution is -2.48. The second-order valence-corrected chi connectivity index (χ2v) is 5.06. The Hall–Kier alpha value is -2.26. The van der Waals surface area contributed by atoms with Gasteiger partial charge in [-0.15, -0.1) is 0 Å². The highest BCUT2D eigenvalue weighted by Gasteiger charge is 2.18. The fourth-order valence-electron chi connectivity index (χ4n) is 2.25. The Balaban J connectivity index is 1.93. The summed E-state index contributed by atoms with van der Waals surface area (Å²) in [5.41, 5.74) is 1.25. The molecule has 1 amide bonds. The molecule has 0 aliphatic carbocycles. The normalized spacial score (nSPS) is 15.4. The van der Waals surface area contributed by atoms with Crippen LogP contribution in [0.5, 0.6) is 5.75 Å². The molecular formula is C15H20N4O2. The molecule has 0 bridgehead atoms. The zero-order valence-electron chi connectivity index (χ0n) is 12.4. The number of amides is 1. The van der Waals surface area contributed by atoms with Gasteiger partial charge < -0.3 is 19.9 Å². The van der Waals surface area contributed by atoms with E-state index in [0.717, 1.165) is 31.9 Å². The second kappa shape index (κ2) is 6.95. The van der Waals surface area contributed by atoms with Crippen LogP contribution in [0.25, 0.3) is 0 Å². The SMILES string of the molecule is COc1cc(C#N)ccc1NCC(=O)N1CCN(C)CC1. The summed E-state index contributed by atoms with van der Waals surface area (Å²) in [6.07, 6.45) is 0. The summed E-state index contributed by atoms with van der Waals surface area (Å²) in [6, 6.07) is 7.18. The van der Waals surface area contributed by atoms with E-state index in [0.29, 0.717) is 11.3 Å². The van der Waals surface area contributed by atoms with Crippen molar-refractivity contribution in [2.24, 2.45) is 0 Å². The average molecular weight is 288 g/mol. The molecule has 1 N–H and O–H groups in total. The van der Waals surface area contributed by atoms with E-state index >= 15 is 0 Å². The number of nitrogens with zero attached hydrogens (tertiary/aromatic N) is 3. The number of anilines is 1. The van der Waals surface area contributed by atoms with Crippen LogP contribution in [0.4, 0.5) is 5.69 Å². The highest BCUT2D eigenvalue weighted by molar-refractivity contribution is 5.81. The maximum absolute atomic E-state index is 12.2. The molecule has 1 fully saturated rings. The second-order valence-electron chi connectivity index (χ2n) is 5.06. The predicted octanol–water partition coefficient (Wildman–Crippen LogP) is 0.753. The summed E-state index contributed by atoms with van der Waals surface area (Å²) < 4.78 is 5.23. The topological polar surface area (TPSA) is 68.6 Å². The van der Waals surface area contributed by atoms with Crippen LogP contribution in [-0.4, -0.2) is 62.6 Å². The number of piperazine rings is 1. The van der Waals surface area contributed by atoms with Crippen molar-refractivity contribution in [3.63, 3.8) is 0 Å². The number of nitrogens with one attached hydrogen (secondary N) is 1. The smallest absolute Gasteiger partial charge is 0.241 e. The third kappa shape index (κ3) is 3.86. The molecule has 6 heteroatoms. The van der Waals surface area contributed by atoms with Crippen LogP contribution in [0, 0.1) is 11.3 Å². The monoisotopic (exact) mass is 288 g/mol. The number of likely N-dealkylation sites (N-methyl/N-ethyl adjacent to an activating group) is 1. The van der Waals surface area contributed by atoms with E-state index in [4.69, 9.17) is 10.00 Å². The Morgan fingerprint density at radius 2 is 2.10 bits per heavy atom. The predicted molar refractivity (Wildman–Crippen MR) is 80.3 cm³/mol. The van der Waals surface area contributed by atoms with Crippen molar-refractivity contribution < 1.29 is 9.53 Å². The molecule has 0 saturated carbocycles. The van der Waals surface area contributed by atoms with Gasteiger partial charge in [-0.1, -0.05) is 0 Å². The fraction of sp³-hybridized carbons (Fsp3) is 0.467. The van der Waals surface area contributed by atoms with Gasteiger partial charge in [0, 0.05) is 32.2 Å².